The molecular weight excluding hydrogens is 410 g/mol. The van der Waals surface area contributed by atoms with Gasteiger partial charge in [-0.2, -0.15) is 0 Å². The normalized spacial score (nSPS) is 19.0. The first kappa shape index (κ1) is 21.6. The SMILES string of the molecule is Cc1cc(C)c(N2CCN(C(=O)c3ccc(N4C(=O)OCC4/C=C/O)nc3)CC2)nc1C. The van der Waals surface area contributed by atoms with Crippen LogP contribution in [0.15, 0.2) is 36.7 Å². The predicted octanol–water partition coefficient (Wildman–Crippen LogP) is 2.76. The molecule has 2 saturated heterocycles. The molecule has 32 heavy (non-hydrogen) atoms. The maximum absolute atomic E-state index is 13.0. The molecule has 1 unspecified atom stereocenters. The minimum Gasteiger partial charge on any atom is -0.516 e. The summed E-state index contributed by atoms with van der Waals surface area (Å²) < 4.78 is 5.03. The Bertz CT molecular complexity index is 1050. The monoisotopic (exact) mass is 437 g/mol. The van der Waals surface area contributed by atoms with Gasteiger partial charge in [0.15, 0.2) is 0 Å². The van der Waals surface area contributed by atoms with E-state index in [0.29, 0.717) is 37.6 Å². The average molecular weight is 438 g/mol. The second kappa shape index (κ2) is 8.86. The molecule has 2 amide bonds. The fourth-order valence-corrected chi connectivity index (χ4v) is 4.05. The Morgan fingerprint density at radius 1 is 1.16 bits per heavy atom. The molecular formula is C23H27N5O4. The van der Waals surface area contributed by atoms with Crippen LogP contribution in [0.5, 0.6) is 0 Å². The molecule has 0 bridgehead atoms. The zero-order valence-electron chi connectivity index (χ0n) is 18.5. The zero-order valence-corrected chi connectivity index (χ0v) is 18.5. The van der Waals surface area contributed by atoms with Crippen molar-refractivity contribution in [3.05, 3.63) is 59.1 Å². The van der Waals surface area contributed by atoms with E-state index in [2.05, 4.69) is 29.8 Å². The quantitative estimate of drug-likeness (QED) is 0.734. The average Bonchev–Trinajstić information content (AvgIpc) is 3.16. The van der Waals surface area contributed by atoms with E-state index in [0.717, 1.165) is 23.3 Å². The van der Waals surface area contributed by atoms with Gasteiger partial charge >= 0.3 is 6.09 Å². The van der Waals surface area contributed by atoms with Crippen LogP contribution in [0.25, 0.3) is 0 Å². The third-order valence-corrected chi connectivity index (χ3v) is 5.95. The van der Waals surface area contributed by atoms with E-state index >= 15 is 0 Å². The highest BCUT2D eigenvalue weighted by molar-refractivity contribution is 5.95. The second-order valence-corrected chi connectivity index (χ2v) is 8.07. The fraction of sp³-hybridized carbons (Fsp3) is 0.391. The molecule has 2 aliphatic rings. The number of ether oxygens (including phenoxy) is 1. The van der Waals surface area contributed by atoms with Crippen LogP contribution in [-0.4, -0.2) is 70.8 Å². The summed E-state index contributed by atoms with van der Waals surface area (Å²) in [4.78, 5) is 39.4. The summed E-state index contributed by atoms with van der Waals surface area (Å²) in [6.07, 6.45) is 3.28. The molecule has 4 rings (SSSR count). The third-order valence-electron chi connectivity index (χ3n) is 5.95. The van der Waals surface area contributed by atoms with Crippen molar-refractivity contribution in [2.45, 2.75) is 26.8 Å². The van der Waals surface area contributed by atoms with Crippen LogP contribution in [0.3, 0.4) is 0 Å². The van der Waals surface area contributed by atoms with Gasteiger partial charge in [0, 0.05) is 38.1 Å². The highest BCUT2D eigenvalue weighted by Crippen LogP contribution is 2.24. The topological polar surface area (TPSA) is 99.1 Å². The number of aliphatic hydroxyl groups excluding tert-OH is 1. The van der Waals surface area contributed by atoms with Gasteiger partial charge in [0.1, 0.15) is 18.2 Å². The maximum atomic E-state index is 13.0. The molecule has 9 heteroatoms. The lowest BCUT2D eigenvalue weighted by Gasteiger charge is -2.36. The molecule has 2 aliphatic heterocycles. The Kier molecular flexibility index (Phi) is 5.98. The molecule has 2 aromatic rings. The van der Waals surface area contributed by atoms with Gasteiger partial charge in [-0.25, -0.2) is 14.8 Å². The van der Waals surface area contributed by atoms with Crippen molar-refractivity contribution in [3.63, 3.8) is 0 Å². The summed E-state index contributed by atoms with van der Waals surface area (Å²) >= 11 is 0. The Morgan fingerprint density at radius 2 is 1.91 bits per heavy atom. The van der Waals surface area contributed by atoms with E-state index in [4.69, 9.17) is 14.8 Å². The highest BCUT2D eigenvalue weighted by Gasteiger charge is 2.34. The van der Waals surface area contributed by atoms with E-state index in [-0.39, 0.29) is 12.5 Å². The summed E-state index contributed by atoms with van der Waals surface area (Å²) in [5.74, 6) is 1.26. The number of cyclic esters (lactones) is 1. The van der Waals surface area contributed by atoms with Gasteiger partial charge in [0.25, 0.3) is 5.91 Å². The molecule has 168 valence electrons. The van der Waals surface area contributed by atoms with Crippen LogP contribution >= 0.6 is 0 Å². The summed E-state index contributed by atoms with van der Waals surface area (Å²) in [6.45, 7) is 8.88. The first-order valence-electron chi connectivity index (χ1n) is 10.6. The first-order valence-corrected chi connectivity index (χ1v) is 10.6. The summed E-state index contributed by atoms with van der Waals surface area (Å²) in [5.41, 5.74) is 3.80. The lowest BCUT2D eigenvalue weighted by molar-refractivity contribution is 0.0746. The number of pyridine rings is 2. The van der Waals surface area contributed by atoms with E-state index in [1.165, 1.54) is 22.7 Å². The van der Waals surface area contributed by atoms with E-state index in [1.54, 1.807) is 12.1 Å². The van der Waals surface area contributed by atoms with E-state index in [9.17, 15) is 9.59 Å². The first-order chi connectivity index (χ1) is 15.4. The van der Waals surface area contributed by atoms with Crippen LogP contribution in [-0.2, 0) is 4.74 Å². The van der Waals surface area contributed by atoms with E-state index < -0.39 is 12.1 Å². The standard InChI is InChI=1S/C23H27N5O4/c1-15-12-16(2)21(25-17(15)3)26-7-9-27(10-8-26)22(30)18-4-5-20(24-13-18)28-19(6-11-29)14-32-23(28)31/h4-6,11-13,19,29H,7-10,14H2,1-3H3/b11-6+. The Morgan fingerprint density at radius 3 is 2.56 bits per heavy atom. The van der Waals surface area contributed by atoms with Crippen LogP contribution in [0.4, 0.5) is 16.4 Å². The van der Waals surface area contributed by atoms with Gasteiger partial charge in [0.05, 0.1) is 17.9 Å². The van der Waals surface area contributed by atoms with Crippen LogP contribution in [0.2, 0.25) is 0 Å². The number of nitrogens with zero attached hydrogens (tertiary/aromatic N) is 5. The maximum Gasteiger partial charge on any atom is 0.416 e. The molecule has 2 fully saturated rings. The summed E-state index contributed by atoms with van der Waals surface area (Å²) in [7, 11) is 0. The van der Waals surface area contributed by atoms with Gasteiger partial charge in [0.2, 0.25) is 0 Å². The van der Waals surface area contributed by atoms with Crippen molar-refractivity contribution in [3.8, 4) is 0 Å². The highest BCUT2D eigenvalue weighted by atomic mass is 16.6. The summed E-state index contributed by atoms with van der Waals surface area (Å²) in [5, 5.41) is 9.02. The van der Waals surface area contributed by atoms with Crippen LogP contribution in [0.1, 0.15) is 27.2 Å². The van der Waals surface area contributed by atoms with Gasteiger partial charge in [-0.05, 0) is 50.1 Å². The number of anilines is 2. The largest absolute Gasteiger partial charge is 0.516 e. The number of aryl methyl sites for hydroxylation is 3. The van der Waals surface area contributed by atoms with Gasteiger partial charge in [-0.15, -0.1) is 0 Å². The molecule has 2 aromatic heterocycles. The predicted molar refractivity (Wildman–Crippen MR) is 120 cm³/mol. The Balaban J connectivity index is 1.41. The second-order valence-electron chi connectivity index (χ2n) is 8.07. The van der Waals surface area contributed by atoms with Gasteiger partial charge in [-0.3, -0.25) is 9.69 Å². The van der Waals surface area contributed by atoms with E-state index in [1.807, 2.05) is 11.8 Å². The van der Waals surface area contributed by atoms with Gasteiger partial charge in [-0.1, -0.05) is 6.07 Å². The van der Waals surface area contributed by atoms with Crippen molar-refractivity contribution in [1.82, 2.24) is 14.9 Å². The number of amides is 2. The third kappa shape index (κ3) is 4.10. The molecule has 0 saturated carbocycles. The van der Waals surface area contributed by atoms with Crippen LogP contribution in [0, 0.1) is 20.8 Å². The minimum absolute atomic E-state index is 0.0933. The number of aromatic nitrogens is 2. The van der Waals surface area contributed by atoms with Gasteiger partial charge < -0.3 is 19.6 Å². The number of hydrogen-bond donors (Lipinski definition) is 1. The number of carbonyl (C=O) groups excluding carboxylic acids is 2. The Hall–Kier alpha value is -3.62. The smallest absolute Gasteiger partial charge is 0.416 e. The number of rotatable bonds is 4. The number of carbonyl (C=O) groups is 2. The molecule has 9 nitrogen and oxygen atoms in total. The molecule has 0 radical (unpaired) electrons. The summed E-state index contributed by atoms with van der Waals surface area (Å²) in [6, 6.07) is 5.00. The molecule has 1 N–H and O–H groups in total. The van der Waals surface area contributed by atoms with Crippen molar-refractivity contribution in [2.75, 3.05) is 42.6 Å². The van der Waals surface area contributed by atoms with Crippen LogP contribution < -0.4 is 9.80 Å². The van der Waals surface area contributed by atoms with Crippen molar-refractivity contribution >= 4 is 23.6 Å². The molecule has 1 atom stereocenters. The van der Waals surface area contributed by atoms with Crippen molar-refractivity contribution < 1.29 is 19.4 Å². The lowest BCUT2D eigenvalue weighted by Crippen LogP contribution is -2.49. The zero-order chi connectivity index (χ0) is 22.8. The number of piperazine rings is 1. The molecule has 0 aliphatic carbocycles. The Labute approximate surface area is 186 Å². The number of hydrogen-bond acceptors (Lipinski definition) is 7. The molecule has 0 spiro atoms. The number of aliphatic hydroxyl groups is 1. The molecule has 0 aromatic carbocycles. The fourth-order valence-electron chi connectivity index (χ4n) is 4.05. The molecule has 4 heterocycles. The van der Waals surface area contributed by atoms with Crippen molar-refractivity contribution in [2.24, 2.45) is 0 Å². The lowest BCUT2D eigenvalue weighted by atomic mass is 10.1. The van der Waals surface area contributed by atoms with Crippen molar-refractivity contribution in [1.29, 1.82) is 0 Å². The minimum atomic E-state index is -0.536.